The lowest BCUT2D eigenvalue weighted by molar-refractivity contribution is -0.132. The molecular weight excluding hydrogens is 433 g/mol. The largest absolute Gasteiger partial charge is 0.493 e. The highest BCUT2D eigenvalue weighted by Crippen LogP contribution is 2.43. The molecule has 0 aliphatic carbocycles. The molecular formula is C27H34FN3O3. The second-order valence-electron chi connectivity index (χ2n) is 9.71. The number of alkyl halides is 1. The lowest BCUT2D eigenvalue weighted by Crippen LogP contribution is -2.61. The van der Waals surface area contributed by atoms with E-state index >= 15 is 0 Å². The Morgan fingerprint density at radius 1 is 1.09 bits per heavy atom. The van der Waals surface area contributed by atoms with Crippen LogP contribution in [0, 0.1) is 5.92 Å². The van der Waals surface area contributed by atoms with E-state index in [4.69, 9.17) is 9.47 Å². The van der Waals surface area contributed by atoms with Gasteiger partial charge < -0.3 is 19.7 Å². The van der Waals surface area contributed by atoms with E-state index in [1.807, 2.05) is 23.1 Å². The smallest absolute Gasteiger partial charge is 0.223 e. The number of amides is 1. The molecule has 6 nitrogen and oxygen atoms in total. The lowest BCUT2D eigenvalue weighted by atomic mass is 9.82. The van der Waals surface area contributed by atoms with E-state index in [0.717, 1.165) is 44.0 Å². The van der Waals surface area contributed by atoms with Crippen molar-refractivity contribution >= 4 is 5.91 Å². The van der Waals surface area contributed by atoms with Crippen molar-refractivity contribution in [3.8, 4) is 11.5 Å². The highest BCUT2D eigenvalue weighted by atomic mass is 19.1. The highest BCUT2D eigenvalue weighted by molar-refractivity contribution is 5.79. The van der Waals surface area contributed by atoms with Crippen LogP contribution >= 0.6 is 0 Å². The van der Waals surface area contributed by atoms with Gasteiger partial charge >= 0.3 is 0 Å². The number of methoxy groups -OCH3 is 2. The average Bonchev–Trinajstić information content (AvgIpc) is 3.26. The molecule has 0 unspecified atom stereocenters. The summed E-state index contributed by atoms with van der Waals surface area (Å²) < 4.78 is 24.6. The summed E-state index contributed by atoms with van der Waals surface area (Å²) in [4.78, 5) is 17.3. The number of carbonyl (C=O) groups is 1. The molecule has 0 aromatic heterocycles. The Kier molecular flexibility index (Phi) is 6.75. The minimum atomic E-state index is -0.432. The van der Waals surface area contributed by atoms with Crippen LogP contribution in [-0.2, 0) is 17.8 Å². The van der Waals surface area contributed by atoms with Gasteiger partial charge in [-0.1, -0.05) is 30.3 Å². The van der Waals surface area contributed by atoms with E-state index in [1.54, 1.807) is 14.2 Å². The quantitative estimate of drug-likeness (QED) is 0.677. The number of ether oxygens (including phenoxy) is 2. The van der Waals surface area contributed by atoms with Gasteiger partial charge in [-0.15, -0.1) is 0 Å². The van der Waals surface area contributed by atoms with Gasteiger partial charge in [0, 0.05) is 50.6 Å². The first-order valence-electron chi connectivity index (χ1n) is 12.2. The Morgan fingerprint density at radius 2 is 1.85 bits per heavy atom. The van der Waals surface area contributed by atoms with E-state index < -0.39 is 6.67 Å². The molecule has 0 saturated carbocycles. The third-order valence-corrected chi connectivity index (χ3v) is 7.75. The van der Waals surface area contributed by atoms with Crippen LogP contribution in [0.2, 0.25) is 0 Å². The number of nitrogens with one attached hydrogen (secondary N) is 1. The number of benzene rings is 2. The van der Waals surface area contributed by atoms with Crippen molar-refractivity contribution in [2.45, 2.75) is 43.9 Å². The number of piperidine rings is 1. The molecule has 0 radical (unpaired) electrons. The lowest BCUT2D eigenvalue weighted by Gasteiger charge is -2.50. The van der Waals surface area contributed by atoms with Gasteiger partial charge in [0.15, 0.2) is 11.5 Å². The number of carbonyl (C=O) groups excluding carboxylic acids is 1. The van der Waals surface area contributed by atoms with Crippen LogP contribution in [0.3, 0.4) is 0 Å². The van der Waals surface area contributed by atoms with Gasteiger partial charge in [0.25, 0.3) is 0 Å². The van der Waals surface area contributed by atoms with Gasteiger partial charge in [0.05, 0.1) is 26.9 Å². The predicted octanol–water partition coefficient (Wildman–Crippen LogP) is 3.35. The number of hydrogen-bond donors (Lipinski definition) is 1. The summed E-state index contributed by atoms with van der Waals surface area (Å²) in [5, 5.41) is 3.76. The number of halogens is 1. The topological polar surface area (TPSA) is 54.0 Å². The summed E-state index contributed by atoms with van der Waals surface area (Å²) >= 11 is 0. The zero-order valence-electron chi connectivity index (χ0n) is 20.0. The first kappa shape index (κ1) is 23.1. The SMILES string of the molecule is COc1cc2c(cc1OC)[C@@H]1C[C@H](NCc3ccccc3)[C@@H](N3C[C@@H](CF)CC3=O)CN1CC2. The molecule has 3 aliphatic rings. The molecule has 34 heavy (non-hydrogen) atoms. The predicted molar refractivity (Wildman–Crippen MR) is 129 cm³/mol. The first-order chi connectivity index (χ1) is 16.6. The molecule has 2 aromatic rings. The van der Waals surface area contributed by atoms with Crippen LogP contribution in [0.15, 0.2) is 42.5 Å². The first-order valence-corrected chi connectivity index (χ1v) is 12.2. The van der Waals surface area contributed by atoms with Crippen molar-refractivity contribution in [2.24, 2.45) is 5.92 Å². The Labute approximate surface area is 201 Å². The standard InChI is InChI=1S/C27H34FN3O3/c1-33-25-11-20-8-9-30-17-24(31-16-19(14-28)10-27(31)32)22(29-15-18-6-4-3-5-7-18)13-23(30)21(20)12-26(25)34-2/h3-7,11-12,19,22-24,29H,8-10,13-17H2,1-2H3/t19-,22+,23+,24+/m1/s1. The Morgan fingerprint density at radius 3 is 2.56 bits per heavy atom. The van der Waals surface area contributed by atoms with Crippen LogP contribution in [0.25, 0.3) is 0 Å². The summed E-state index contributed by atoms with van der Waals surface area (Å²) in [6.07, 6.45) is 2.13. The third-order valence-electron chi connectivity index (χ3n) is 7.75. The number of nitrogens with zero attached hydrogens (tertiary/aromatic N) is 2. The van der Waals surface area contributed by atoms with Gasteiger partial charge in [-0.25, -0.2) is 0 Å². The van der Waals surface area contributed by atoms with Gasteiger partial charge in [-0.3, -0.25) is 14.1 Å². The average molecular weight is 468 g/mol. The van der Waals surface area contributed by atoms with Gasteiger partial charge in [0.1, 0.15) is 0 Å². The molecule has 1 N–H and O–H groups in total. The molecule has 0 bridgehead atoms. The van der Waals surface area contributed by atoms with Gasteiger partial charge in [-0.05, 0) is 41.7 Å². The number of hydrogen-bond acceptors (Lipinski definition) is 5. The Hall–Kier alpha value is -2.64. The van der Waals surface area contributed by atoms with Crippen LogP contribution in [0.1, 0.15) is 35.6 Å². The zero-order valence-corrected chi connectivity index (χ0v) is 20.0. The van der Waals surface area contributed by atoms with Crippen molar-refractivity contribution in [3.63, 3.8) is 0 Å². The molecule has 2 aromatic carbocycles. The van der Waals surface area contributed by atoms with Gasteiger partial charge in [-0.2, -0.15) is 0 Å². The molecule has 4 atom stereocenters. The normalized spacial score (nSPS) is 26.8. The summed E-state index contributed by atoms with van der Waals surface area (Å²) in [6.45, 7) is 2.55. The van der Waals surface area contributed by atoms with Crippen LogP contribution in [-0.4, -0.2) is 68.3 Å². The molecule has 3 aliphatic heterocycles. The maximum absolute atomic E-state index is 13.4. The Bertz CT molecular complexity index is 1020. The Balaban J connectivity index is 1.43. The fourth-order valence-electron chi connectivity index (χ4n) is 5.95. The van der Waals surface area contributed by atoms with Crippen LogP contribution in [0.5, 0.6) is 11.5 Å². The maximum atomic E-state index is 13.4. The van der Waals surface area contributed by atoms with E-state index in [0.29, 0.717) is 13.0 Å². The van der Waals surface area contributed by atoms with Crippen molar-refractivity contribution in [1.29, 1.82) is 0 Å². The van der Waals surface area contributed by atoms with Crippen molar-refractivity contribution in [1.82, 2.24) is 15.1 Å². The van der Waals surface area contributed by atoms with Crippen molar-refractivity contribution < 1.29 is 18.7 Å². The molecule has 182 valence electrons. The molecule has 1 amide bonds. The molecule has 0 spiro atoms. The van der Waals surface area contributed by atoms with Crippen LogP contribution < -0.4 is 14.8 Å². The fourth-order valence-corrected chi connectivity index (χ4v) is 5.95. The van der Waals surface area contributed by atoms with E-state index in [2.05, 4.69) is 34.5 Å². The fraction of sp³-hybridized carbons (Fsp3) is 0.519. The molecule has 2 saturated heterocycles. The molecule has 3 heterocycles. The summed E-state index contributed by atoms with van der Waals surface area (Å²) in [5.74, 6) is 1.42. The second kappa shape index (κ2) is 9.92. The summed E-state index contributed by atoms with van der Waals surface area (Å²) in [7, 11) is 3.35. The van der Waals surface area contributed by atoms with Gasteiger partial charge in [0.2, 0.25) is 5.91 Å². The summed E-state index contributed by atoms with van der Waals surface area (Å²) in [5.41, 5.74) is 3.80. The molecule has 5 rings (SSSR count). The zero-order chi connectivity index (χ0) is 23.7. The van der Waals surface area contributed by atoms with E-state index in [9.17, 15) is 9.18 Å². The molecule has 7 heteroatoms. The monoisotopic (exact) mass is 467 g/mol. The number of likely N-dealkylation sites (tertiary alicyclic amines) is 1. The second-order valence-corrected chi connectivity index (χ2v) is 9.71. The van der Waals surface area contributed by atoms with Crippen molar-refractivity contribution in [2.75, 3.05) is 40.5 Å². The number of fused-ring (bicyclic) bond motifs is 3. The van der Waals surface area contributed by atoms with E-state index in [-0.39, 0.29) is 30.0 Å². The van der Waals surface area contributed by atoms with Crippen LogP contribution in [0.4, 0.5) is 4.39 Å². The maximum Gasteiger partial charge on any atom is 0.223 e. The summed E-state index contributed by atoms with van der Waals surface area (Å²) in [6, 6.07) is 15.0. The molecule has 2 fully saturated rings. The minimum Gasteiger partial charge on any atom is -0.493 e. The number of rotatable bonds is 7. The highest BCUT2D eigenvalue weighted by Gasteiger charge is 2.45. The van der Waals surface area contributed by atoms with Crippen molar-refractivity contribution in [3.05, 3.63) is 59.2 Å². The van der Waals surface area contributed by atoms with E-state index in [1.165, 1.54) is 16.7 Å². The third kappa shape index (κ3) is 4.39. The minimum absolute atomic E-state index is 0.0331.